The summed E-state index contributed by atoms with van der Waals surface area (Å²) < 4.78 is 10.8. The van der Waals surface area contributed by atoms with Crippen molar-refractivity contribution in [2.45, 2.75) is 58.8 Å². The average Bonchev–Trinajstić information content (AvgIpc) is 2.44. The minimum atomic E-state index is -0.603. The van der Waals surface area contributed by atoms with Crippen molar-refractivity contribution in [3.8, 4) is 5.75 Å². The van der Waals surface area contributed by atoms with Crippen LogP contribution >= 0.6 is 0 Å². The second-order valence-corrected chi connectivity index (χ2v) is 5.75. The summed E-state index contributed by atoms with van der Waals surface area (Å²) in [7, 11) is 0. The van der Waals surface area contributed by atoms with Gasteiger partial charge < -0.3 is 14.6 Å². The van der Waals surface area contributed by atoms with Crippen LogP contribution in [0.4, 0.5) is 5.69 Å². The first-order valence-electron chi connectivity index (χ1n) is 7.54. The molecule has 1 aromatic rings. The number of nitro groups is 1. The SMILES string of the molecule is CC(O)CCC(C)OC(=O)c1ccc([N+](=O)[O-])cc1OC(C)C. The fourth-order valence-electron chi connectivity index (χ4n) is 1.93. The highest BCUT2D eigenvalue weighted by Crippen LogP contribution is 2.27. The Morgan fingerprint density at radius 3 is 2.43 bits per heavy atom. The van der Waals surface area contributed by atoms with E-state index in [0.717, 1.165) is 0 Å². The fraction of sp³-hybridized carbons (Fsp3) is 0.562. The highest BCUT2D eigenvalue weighted by atomic mass is 16.6. The molecule has 7 nitrogen and oxygen atoms in total. The van der Waals surface area contributed by atoms with Crippen LogP contribution in [0.5, 0.6) is 5.75 Å². The third kappa shape index (κ3) is 6.23. The number of rotatable bonds is 8. The number of esters is 1. The van der Waals surface area contributed by atoms with Crippen molar-refractivity contribution < 1.29 is 24.3 Å². The van der Waals surface area contributed by atoms with Crippen molar-refractivity contribution in [3.05, 3.63) is 33.9 Å². The molecule has 0 saturated carbocycles. The molecule has 0 saturated heterocycles. The van der Waals surface area contributed by atoms with Gasteiger partial charge in [0.25, 0.3) is 5.69 Å². The molecule has 0 aromatic heterocycles. The smallest absolute Gasteiger partial charge is 0.342 e. The molecular formula is C16H23NO6. The number of nitro benzene ring substituents is 1. The summed E-state index contributed by atoms with van der Waals surface area (Å²) in [5, 5.41) is 20.1. The number of aliphatic hydroxyl groups excluding tert-OH is 1. The fourth-order valence-corrected chi connectivity index (χ4v) is 1.93. The van der Waals surface area contributed by atoms with E-state index in [0.29, 0.717) is 12.8 Å². The number of hydrogen-bond donors (Lipinski definition) is 1. The summed E-state index contributed by atoms with van der Waals surface area (Å²) in [6.07, 6.45) is -0.0355. The normalized spacial score (nSPS) is 13.5. The van der Waals surface area contributed by atoms with Gasteiger partial charge in [0.15, 0.2) is 0 Å². The van der Waals surface area contributed by atoms with Crippen molar-refractivity contribution in [1.29, 1.82) is 0 Å². The van der Waals surface area contributed by atoms with Crippen LogP contribution in [0, 0.1) is 10.1 Å². The zero-order valence-electron chi connectivity index (χ0n) is 13.8. The van der Waals surface area contributed by atoms with Gasteiger partial charge in [-0.05, 0) is 46.6 Å². The highest BCUT2D eigenvalue weighted by molar-refractivity contribution is 5.93. The maximum atomic E-state index is 12.2. The molecule has 0 heterocycles. The van der Waals surface area contributed by atoms with E-state index in [4.69, 9.17) is 9.47 Å². The number of carbonyl (C=O) groups excluding carboxylic acids is 1. The number of nitrogens with zero attached hydrogens (tertiary/aromatic N) is 1. The first kappa shape index (κ1) is 18.9. The molecule has 1 rings (SSSR count). The zero-order chi connectivity index (χ0) is 17.6. The third-order valence-electron chi connectivity index (χ3n) is 3.06. The first-order valence-corrected chi connectivity index (χ1v) is 7.54. The summed E-state index contributed by atoms with van der Waals surface area (Å²) in [5.41, 5.74) is -0.00690. The van der Waals surface area contributed by atoms with Gasteiger partial charge in [0.2, 0.25) is 0 Å². The monoisotopic (exact) mass is 325 g/mol. The first-order chi connectivity index (χ1) is 10.7. The van der Waals surface area contributed by atoms with Gasteiger partial charge in [0.05, 0.1) is 29.3 Å². The highest BCUT2D eigenvalue weighted by Gasteiger charge is 2.21. The van der Waals surface area contributed by atoms with Crippen molar-refractivity contribution >= 4 is 11.7 Å². The molecule has 0 aliphatic heterocycles. The number of hydrogen-bond acceptors (Lipinski definition) is 6. The van der Waals surface area contributed by atoms with E-state index in [2.05, 4.69) is 0 Å². The Hall–Kier alpha value is -2.15. The molecule has 0 fully saturated rings. The van der Waals surface area contributed by atoms with Crippen LogP contribution in [-0.2, 0) is 4.74 Å². The molecule has 128 valence electrons. The predicted molar refractivity (Wildman–Crippen MR) is 84.7 cm³/mol. The average molecular weight is 325 g/mol. The molecule has 0 amide bonds. The van der Waals surface area contributed by atoms with Crippen molar-refractivity contribution in [1.82, 2.24) is 0 Å². The van der Waals surface area contributed by atoms with Crippen molar-refractivity contribution in [3.63, 3.8) is 0 Å². The van der Waals surface area contributed by atoms with Crippen LogP contribution in [0.15, 0.2) is 18.2 Å². The Balaban J connectivity index is 2.91. The number of non-ortho nitro benzene ring substituents is 1. The zero-order valence-corrected chi connectivity index (χ0v) is 13.8. The van der Waals surface area contributed by atoms with Crippen LogP contribution in [0.25, 0.3) is 0 Å². The Labute approximate surface area is 135 Å². The quantitative estimate of drug-likeness (QED) is 0.448. The molecule has 0 radical (unpaired) electrons. The minimum absolute atomic E-state index is 0.127. The standard InChI is InChI=1S/C16H23NO6/c1-10(2)22-15-9-13(17(20)21)7-8-14(15)16(19)23-12(4)6-5-11(3)18/h7-12,18H,5-6H2,1-4H3. The van der Waals surface area contributed by atoms with Crippen LogP contribution < -0.4 is 4.74 Å². The van der Waals surface area contributed by atoms with Gasteiger partial charge >= 0.3 is 5.97 Å². The lowest BCUT2D eigenvalue weighted by Gasteiger charge is -2.17. The Morgan fingerprint density at radius 1 is 1.26 bits per heavy atom. The van der Waals surface area contributed by atoms with E-state index in [-0.39, 0.29) is 29.2 Å². The molecule has 2 atom stereocenters. The predicted octanol–water partition coefficient (Wildman–Crippen LogP) is 3.09. The number of carbonyl (C=O) groups is 1. The molecule has 2 unspecified atom stereocenters. The second-order valence-electron chi connectivity index (χ2n) is 5.75. The van der Waals surface area contributed by atoms with Crippen molar-refractivity contribution in [2.24, 2.45) is 0 Å². The van der Waals surface area contributed by atoms with E-state index >= 15 is 0 Å². The molecule has 7 heteroatoms. The van der Waals surface area contributed by atoms with E-state index in [1.165, 1.54) is 18.2 Å². The molecule has 0 bridgehead atoms. The minimum Gasteiger partial charge on any atom is -0.490 e. The van der Waals surface area contributed by atoms with E-state index in [9.17, 15) is 20.0 Å². The van der Waals surface area contributed by atoms with Gasteiger partial charge in [0.1, 0.15) is 11.3 Å². The second kappa shape index (κ2) is 8.47. The third-order valence-corrected chi connectivity index (χ3v) is 3.06. The molecule has 23 heavy (non-hydrogen) atoms. The van der Waals surface area contributed by atoms with Gasteiger partial charge in [-0.25, -0.2) is 4.79 Å². The van der Waals surface area contributed by atoms with Gasteiger partial charge in [-0.1, -0.05) is 0 Å². The van der Waals surface area contributed by atoms with Crippen LogP contribution in [0.2, 0.25) is 0 Å². The summed E-state index contributed by atoms with van der Waals surface area (Å²) in [4.78, 5) is 22.6. The number of aliphatic hydroxyl groups is 1. The van der Waals surface area contributed by atoms with Crippen LogP contribution in [0.1, 0.15) is 50.9 Å². The largest absolute Gasteiger partial charge is 0.490 e. The summed E-state index contributed by atoms with van der Waals surface area (Å²) in [6, 6.07) is 3.79. The summed E-state index contributed by atoms with van der Waals surface area (Å²) >= 11 is 0. The van der Waals surface area contributed by atoms with Gasteiger partial charge in [-0.2, -0.15) is 0 Å². The van der Waals surface area contributed by atoms with Crippen molar-refractivity contribution in [2.75, 3.05) is 0 Å². The summed E-state index contributed by atoms with van der Waals surface area (Å²) in [6.45, 7) is 6.92. The maximum Gasteiger partial charge on any atom is 0.342 e. The lowest BCUT2D eigenvalue weighted by Crippen LogP contribution is -2.18. The Kier molecular flexibility index (Phi) is 6.96. The number of ether oxygens (including phenoxy) is 2. The molecule has 0 aliphatic rings. The Morgan fingerprint density at radius 2 is 1.91 bits per heavy atom. The molecule has 1 aromatic carbocycles. The van der Waals surface area contributed by atoms with Crippen LogP contribution in [0.3, 0.4) is 0 Å². The molecule has 0 spiro atoms. The van der Waals surface area contributed by atoms with E-state index in [1.54, 1.807) is 27.7 Å². The lowest BCUT2D eigenvalue weighted by molar-refractivity contribution is -0.384. The van der Waals surface area contributed by atoms with Gasteiger partial charge in [-0.15, -0.1) is 0 Å². The van der Waals surface area contributed by atoms with Crippen LogP contribution in [-0.4, -0.2) is 34.3 Å². The van der Waals surface area contributed by atoms with Gasteiger partial charge in [-0.3, -0.25) is 10.1 Å². The number of benzene rings is 1. The maximum absolute atomic E-state index is 12.2. The molecule has 0 aliphatic carbocycles. The summed E-state index contributed by atoms with van der Waals surface area (Å²) in [5.74, 6) is -0.476. The van der Waals surface area contributed by atoms with E-state index in [1.807, 2.05) is 0 Å². The Bertz CT molecular complexity index is 556. The van der Waals surface area contributed by atoms with E-state index < -0.39 is 17.0 Å². The molecule has 1 N–H and O–H groups in total. The topological polar surface area (TPSA) is 98.9 Å². The van der Waals surface area contributed by atoms with Gasteiger partial charge in [0, 0.05) is 6.07 Å². The molecular weight excluding hydrogens is 302 g/mol. The lowest BCUT2D eigenvalue weighted by atomic mass is 10.1.